The molecule has 9 heteroatoms. The van der Waals surface area contributed by atoms with Gasteiger partial charge in [0.25, 0.3) is 0 Å². The van der Waals surface area contributed by atoms with Crippen molar-refractivity contribution in [1.29, 1.82) is 0 Å². The third-order valence-corrected chi connectivity index (χ3v) is 4.24. The van der Waals surface area contributed by atoms with Crippen LogP contribution in [0.2, 0.25) is 0 Å². The van der Waals surface area contributed by atoms with E-state index < -0.39 is 0 Å². The monoisotopic (exact) mass is 527 g/mol. The van der Waals surface area contributed by atoms with Crippen LogP contribution in [0.5, 0.6) is 0 Å². The number of halogens is 2. The Morgan fingerprint density at radius 1 is 1.17 bits per heavy atom. The molecule has 0 saturated heterocycles. The average Bonchev–Trinajstić information content (AvgIpc) is 3.34. The van der Waals surface area contributed by atoms with Crippen molar-refractivity contribution in [3.8, 4) is 11.5 Å². The van der Waals surface area contributed by atoms with Gasteiger partial charge in [-0.2, -0.15) is 0 Å². The molecule has 0 spiro atoms. The number of benzene rings is 1. The van der Waals surface area contributed by atoms with Crippen molar-refractivity contribution in [2.75, 3.05) is 13.6 Å². The van der Waals surface area contributed by atoms with Crippen LogP contribution in [0.4, 0.5) is 4.39 Å². The minimum absolute atomic E-state index is 0. The van der Waals surface area contributed by atoms with E-state index in [-0.39, 0.29) is 35.2 Å². The van der Waals surface area contributed by atoms with E-state index in [0.717, 1.165) is 17.0 Å². The van der Waals surface area contributed by atoms with E-state index in [1.165, 1.54) is 12.1 Å². The third kappa shape index (κ3) is 6.54. The normalized spacial score (nSPS) is 11.8. The van der Waals surface area contributed by atoms with Crippen LogP contribution in [0.15, 0.2) is 50.6 Å². The lowest BCUT2D eigenvalue weighted by Crippen LogP contribution is -2.37. The smallest absolute Gasteiger partial charge is 0.226 e. The van der Waals surface area contributed by atoms with E-state index in [9.17, 15) is 4.39 Å². The predicted molar refractivity (Wildman–Crippen MR) is 124 cm³/mol. The van der Waals surface area contributed by atoms with Crippen LogP contribution < -0.4 is 10.6 Å². The summed E-state index contributed by atoms with van der Waals surface area (Å²) in [7, 11) is 1.70. The second-order valence-electron chi connectivity index (χ2n) is 7.62. The molecule has 2 N–H and O–H groups in total. The van der Waals surface area contributed by atoms with E-state index in [2.05, 4.69) is 46.4 Å². The lowest BCUT2D eigenvalue weighted by Gasteiger charge is -2.13. The highest BCUT2D eigenvalue weighted by molar-refractivity contribution is 14.0. The molecule has 7 nitrogen and oxygen atoms in total. The Bertz CT molecular complexity index is 960. The first-order valence-electron chi connectivity index (χ1n) is 9.45. The summed E-state index contributed by atoms with van der Waals surface area (Å²) in [6.07, 6.45) is 4.02. The lowest BCUT2D eigenvalue weighted by molar-refractivity contribution is 0.379. The van der Waals surface area contributed by atoms with Gasteiger partial charge < -0.3 is 19.5 Å². The van der Waals surface area contributed by atoms with Crippen molar-refractivity contribution in [3.05, 3.63) is 59.9 Å². The van der Waals surface area contributed by atoms with Gasteiger partial charge in [-0.05, 0) is 24.3 Å². The Morgan fingerprint density at radius 3 is 2.53 bits per heavy atom. The fraction of sp³-hybridized carbons (Fsp3) is 0.381. The zero-order valence-corrected chi connectivity index (χ0v) is 19.9. The summed E-state index contributed by atoms with van der Waals surface area (Å²) in [5, 5.41) is 6.40. The number of aromatic nitrogens is 2. The molecule has 3 aromatic rings. The SMILES string of the molecule is CN=C(NCCc1coc(-c2ccc(F)cc2)n1)NCc1ncc(C(C)(C)C)o1.I. The molecule has 0 bridgehead atoms. The largest absolute Gasteiger partial charge is 0.444 e. The Hall–Kier alpha value is -2.43. The molecule has 0 fully saturated rings. The third-order valence-electron chi connectivity index (χ3n) is 4.24. The zero-order valence-electron chi connectivity index (χ0n) is 17.5. The fourth-order valence-electron chi connectivity index (χ4n) is 2.57. The Kier molecular flexibility index (Phi) is 8.39. The van der Waals surface area contributed by atoms with E-state index in [0.29, 0.717) is 37.3 Å². The van der Waals surface area contributed by atoms with Gasteiger partial charge in [-0.15, -0.1) is 24.0 Å². The molecule has 0 aliphatic heterocycles. The molecule has 0 aliphatic carbocycles. The van der Waals surface area contributed by atoms with E-state index in [4.69, 9.17) is 8.83 Å². The summed E-state index contributed by atoms with van der Waals surface area (Å²) in [5.74, 6) is 2.28. The highest BCUT2D eigenvalue weighted by atomic mass is 127. The molecular formula is C21H27FIN5O2. The van der Waals surface area contributed by atoms with Gasteiger partial charge in [-0.25, -0.2) is 14.4 Å². The average molecular weight is 527 g/mol. The number of nitrogens with one attached hydrogen (secondary N) is 2. The van der Waals surface area contributed by atoms with Crippen LogP contribution >= 0.6 is 24.0 Å². The standard InChI is InChI=1S/C21H26FN5O2.HI/c1-21(2,3)17-11-25-18(29-17)12-26-20(23-4)24-10-9-16-13-28-19(27-16)14-5-7-15(22)8-6-14;/h5-8,11,13H,9-10,12H2,1-4H3,(H2,23,24,26);1H. The molecule has 30 heavy (non-hydrogen) atoms. The van der Waals surface area contributed by atoms with Gasteiger partial charge >= 0.3 is 0 Å². The maximum atomic E-state index is 13.0. The second-order valence-corrected chi connectivity index (χ2v) is 7.62. The summed E-state index contributed by atoms with van der Waals surface area (Å²) in [6, 6.07) is 6.05. The van der Waals surface area contributed by atoms with Crippen LogP contribution in [-0.2, 0) is 18.4 Å². The van der Waals surface area contributed by atoms with Crippen LogP contribution in [0.3, 0.4) is 0 Å². The number of aliphatic imine (C=N–C) groups is 1. The van der Waals surface area contributed by atoms with Crippen LogP contribution in [-0.4, -0.2) is 29.5 Å². The van der Waals surface area contributed by atoms with Crippen molar-refractivity contribution in [2.45, 2.75) is 39.2 Å². The minimum atomic E-state index is -0.289. The molecule has 2 heterocycles. The summed E-state index contributed by atoms with van der Waals surface area (Å²) >= 11 is 0. The van der Waals surface area contributed by atoms with E-state index >= 15 is 0 Å². The van der Waals surface area contributed by atoms with Crippen molar-refractivity contribution in [3.63, 3.8) is 0 Å². The van der Waals surface area contributed by atoms with E-state index in [1.54, 1.807) is 31.6 Å². The van der Waals surface area contributed by atoms with Crippen LogP contribution in [0, 0.1) is 5.82 Å². The summed E-state index contributed by atoms with van der Waals surface area (Å²) in [4.78, 5) is 12.9. The van der Waals surface area contributed by atoms with Gasteiger partial charge in [0.2, 0.25) is 11.8 Å². The highest BCUT2D eigenvalue weighted by Crippen LogP contribution is 2.22. The maximum absolute atomic E-state index is 13.0. The lowest BCUT2D eigenvalue weighted by atomic mass is 9.94. The number of nitrogens with zero attached hydrogens (tertiary/aromatic N) is 3. The quantitative estimate of drug-likeness (QED) is 0.283. The van der Waals surface area contributed by atoms with Crippen molar-refractivity contribution >= 4 is 29.9 Å². The molecular weight excluding hydrogens is 500 g/mol. The molecule has 1 aromatic carbocycles. The molecule has 162 valence electrons. The topological polar surface area (TPSA) is 88.5 Å². The molecule has 0 radical (unpaired) electrons. The Morgan fingerprint density at radius 2 is 1.90 bits per heavy atom. The number of hydrogen-bond acceptors (Lipinski definition) is 5. The first kappa shape index (κ1) is 23.8. The minimum Gasteiger partial charge on any atom is -0.444 e. The molecule has 2 aromatic heterocycles. The number of guanidine groups is 1. The Labute approximate surface area is 192 Å². The van der Waals surface area contributed by atoms with Crippen molar-refractivity contribution in [2.24, 2.45) is 4.99 Å². The molecule has 0 aliphatic rings. The molecule has 0 atom stereocenters. The van der Waals surface area contributed by atoms with Gasteiger partial charge in [0.15, 0.2) is 5.96 Å². The molecule has 3 rings (SSSR count). The van der Waals surface area contributed by atoms with Crippen molar-refractivity contribution < 1.29 is 13.2 Å². The Balaban J connectivity index is 0.00000320. The van der Waals surface area contributed by atoms with Crippen molar-refractivity contribution in [1.82, 2.24) is 20.6 Å². The number of oxazole rings is 2. The van der Waals surface area contributed by atoms with Gasteiger partial charge in [0.05, 0.1) is 18.4 Å². The van der Waals surface area contributed by atoms with Gasteiger partial charge in [0, 0.05) is 31.0 Å². The summed E-state index contributed by atoms with van der Waals surface area (Å²) in [5.41, 5.74) is 1.47. The first-order chi connectivity index (χ1) is 13.8. The van der Waals surface area contributed by atoms with Gasteiger partial charge in [-0.3, -0.25) is 4.99 Å². The second kappa shape index (κ2) is 10.6. The van der Waals surface area contributed by atoms with Crippen LogP contribution in [0.1, 0.15) is 38.1 Å². The van der Waals surface area contributed by atoms with Gasteiger partial charge in [0.1, 0.15) is 17.8 Å². The molecule has 0 amide bonds. The van der Waals surface area contributed by atoms with Crippen LogP contribution in [0.25, 0.3) is 11.5 Å². The summed E-state index contributed by atoms with van der Waals surface area (Å²) < 4.78 is 24.3. The summed E-state index contributed by atoms with van der Waals surface area (Å²) in [6.45, 7) is 7.30. The predicted octanol–water partition coefficient (Wildman–Crippen LogP) is 4.29. The highest BCUT2D eigenvalue weighted by Gasteiger charge is 2.19. The number of rotatable bonds is 6. The van der Waals surface area contributed by atoms with E-state index in [1.807, 2.05) is 0 Å². The first-order valence-corrected chi connectivity index (χ1v) is 9.45. The zero-order chi connectivity index (χ0) is 20.9. The van der Waals surface area contributed by atoms with Gasteiger partial charge in [-0.1, -0.05) is 20.8 Å². The number of hydrogen-bond donors (Lipinski definition) is 2. The maximum Gasteiger partial charge on any atom is 0.226 e. The molecule has 0 unspecified atom stereocenters. The fourth-order valence-corrected chi connectivity index (χ4v) is 2.57. The molecule has 0 saturated carbocycles.